The number of halogens is 6. The summed E-state index contributed by atoms with van der Waals surface area (Å²) in [4.78, 5) is 29.2. The summed E-state index contributed by atoms with van der Waals surface area (Å²) in [5.41, 5.74) is 0.116. The van der Waals surface area contributed by atoms with Gasteiger partial charge in [0.25, 0.3) is 11.8 Å². The number of hydrogen-bond acceptors (Lipinski definition) is 9. The van der Waals surface area contributed by atoms with Crippen molar-refractivity contribution in [2.45, 2.75) is 25.0 Å². The van der Waals surface area contributed by atoms with Gasteiger partial charge in [-0.3, -0.25) is 4.79 Å². The van der Waals surface area contributed by atoms with Gasteiger partial charge in [-0.05, 0) is 5.56 Å². The fraction of sp³-hybridized carbons (Fsp3) is 0.185. The van der Waals surface area contributed by atoms with E-state index >= 15 is 0 Å². The van der Waals surface area contributed by atoms with Crippen molar-refractivity contribution in [1.29, 1.82) is 0 Å². The van der Waals surface area contributed by atoms with E-state index in [9.17, 15) is 36.2 Å². The van der Waals surface area contributed by atoms with E-state index in [0.29, 0.717) is 11.1 Å². The molecule has 0 bridgehead atoms. The molecule has 45 heavy (non-hydrogen) atoms. The molecule has 0 aliphatic carbocycles. The van der Waals surface area contributed by atoms with Gasteiger partial charge < -0.3 is 29.1 Å². The number of rotatable bonds is 7. The Morgan fingerprint density at radius 3 is 2.16 bits per heavy atom. The topological polar surface area (TPSA) is 169 Å². The zero-order valence-electron chi connectivity index (χ0n) is 22.7. The molecule has 1 atom stereocenters. The maximum Gasteiger partial charge on any atom is 0.490 e. The van der Waals surface area contributed by atoms with Gasteiger partial charge in [0.2, 0.25) is 11.6 Å². The highest BCUT2D eigenvalue weighted by molar-refractivity contribution is 5.82. The molecule has 5 rings (SSSR count). The van der Waals surface area contributed by atoms with Gasteiger partial charge in [-0.15, -0.1) is 0 Å². The van der Waals surface area contributed by atoms with Crippen LogP contribution in [0.2, 0.25) is 0 Å². The second-order valence-electron chi connectivity index (χ2n) is 9.06. The van der Waals surface area contributed by atoms with E-state index in [-0.39, 0.29) is 17.9 Å². The number of carbonyl (C=O) groups excluding carboxylic acids is 1. The number of nitrogens with zero attached hydrogens (tertiary/aromatic N) is 5. The van der Waals surface area contributed by atoms with Crippen LogP contribution in [0.3, 0.4) is 0 Å². The standard InChI is InChI=1S/C25H19F3N6O4.C2HF3O2/c1-34-13-29-11-17(34)12-30-23(36)20(35)15-7-9-16(10-8-15)22-31-24(38-33-22)21-18(25(26,27)28)19(32-37-21)14-5-3-2-4-6-14;3-2(4,5)1(6)7/h2-11,13,20,35H,12H2,1H3,(H,30,36);(H,6,7). The van der Waals surface area contributed by atoms with Gasteiger partial charge >= 0.3 is 18.3 Å². The van der Waals surface area contributed by atoms with Crippen LogP contribution in [-0.4, -0.2) is 53.1 Å². The van der Waals surface area contributed by atoms with Gasteiger partial charge in [-0.25, -0.2) is 9.78 Å². The molecule has 3 heterocycles. The van der Waals surface area contributed by atoms with Gasteiger partial charge in [-0.2, -0.15) is 31.3 Å². The van der Waals surface area contributed by atoms with Gasteiger partial charge in [0.15, 0.2) is 6.10 Å². The number of amides is 1. The smallest absolute Gasteiger partial charge is 0.475 e. The van der Waals surface area contributed by atoms with Crippen molar-refractivity contribution in [1.82, 2.24) is 30.2 Å². The summed E-state index contributed by atoms with van der Waals surface area (Å²) in [5.74, 6) is -4.59. The lowest BCUT2D eigenvalue weighted by atomic mass is 10.1. The number of nitrogens with one attached hydrogen (secondary N) is 1. The first-order valence-electron chi connectivity index (χ1n) is 12.4. The molecule has 0 fully saturated rings. The first-order valence-corrected chi connectivity index (χ1v) is 12.4. The van der Waals surface area contributed by atoms with E-state index in [2.05, 4.69) is 25.6 Å². The van der Waals surface area contributed by atoms with Crippen LogP contribution in [0.25, 0.3) is 34.3 Å². The predicted octanol–water partition coefficient (Wildman–Crippen LogP) is 4.79. The fourth-order valence-electron chi connectivity index (χ4n) is 3.72. The van der Waals surface area contributed by atoms with Gasteiger partial charge in [0.05, 0.1) is 18.6 Å². The minimum absolute atomic E-state index is 0.0208. The normalized spacial score (nSPS) is 12.3. The quantitative estimate of drug-likeness (QED) is 0.211. The summed E-state index contributed by atoms with van der Waals surface area (Å²) in [6, 6.07) is 13.7. The zero-order valence-corrected chi connectivity index (χ0v) is 22.7. The number of alkyl halides is 6. The predicted molar refractivity (Wildman–Crippen MR) is 139 cm³/mol. The highest BCUT2D eigenvalue weighted by Crippen LogP contribution is 2.43. The van der Waals surface area contributed by atoms with Crippen molar-refractivity contribution < 1.29 is 55.2 Å². The van der Waals surface area contributed by atoms with Gasteiger partial charge in [0, 0.05) is 24.4 Å². The van der Waals surface area contributed by atoms with Crippen LogP contribution < -0.4 is 5.32 Å². The molecule has 12 nitrogen and oxygen atoms in total. The number of aryl methyl sites for hydroxylation is 1. The average Bonchev–Trinajstić information content (AvgIpc) is 3.75. The zero-order chi connectivity index (χ0) is 32.9. The monoisotopic (exact) mass is 638 g/mol. The SMILES string of the molecule is Cn1cncc1CNC(=O)C(O)c1ccc(-c2noc(-c3onc(-c4ccccc4)c3C(F)(F)F)n2)cc1.O=C(O)C(F)(F)F. The molecule has 5 aromatic rings. The van der Waals surface area contributed by atoms with Gasteiger partial charge in [-0.1, -0.05) is 64.9 Å². The van der Waals surface area contributed by atoms with Crippen molar-refractivity contribution in [2.24, 2.45) is 7.05 Å². The molecule has 1 amide bonds. The number of imidazole rings is 1. The van der Waals surface area contributed by atoms with Crippen LogP contribution in [0.15, 0.2) is 76.2 Å². The highest BCUT2D eigenvalue weighted by Gasteiger charge is 2.43. The molecule has 1 unspecified atom stereocenters. The molecule has 3 N–H and O–H groups in total. The second-order valence-corrected chi connectivity index (χ2v) is 9.06. The Morgan fingerprint density at radius 1 is 0.956 bits per heavy atom. The maximum absolute atomic E-state index is 13.9. The lowest BCUT2D eigenvalue weighted by Crippen LogP contribution is -2.29. The van der Waals surface area contributed by atoms with E-state index in [4.69, 9.17) is 18.9 Å². The first kappa shape index (κ1) is 32.4. The van der Waals surface area contributed by atoms with Gasteiger partial charge in [0.1, 0.15) is 11.3 Å². The number of aromatic nitrogens is 5. The number of carboxylic acid groups (broad SMARTS) is 1. The number of carbonyl (C=O) groups is 2. The minimum atomic E-state index is -5.08. The summed E-state index contributed by atoms with van der Waals surface area (Å²) in [6.07, 6.45) is -8.14. The molecule has 0 aliphatic rings. The van der Waals surface area contributed by atoms with E-state index < -0.39 is 53.2 Å². The molecule has 3 aromatic heterocycles. The summed E-state index contributed by atoms with van der Waals surface area (Å²) < 4.78 is 85.3. The lowest BCUT2D eigenvalue weighted by Gasteiger charge is -2.12. The van der Waals surface area contributed by atoms with Crippen molar-refractivity contribution in [2.75, 3.05) is 0 Å². The van der Waals surface area contributed by atoms with Crippen molar-refractivity contribution in [3.05, 3.63) is 83.9 Å². The minimum Gasteiger partial charge on any atom is -0.475 e. The van der Waals surface area contributed by atoms with Crippen molar-refractivity contribution >= 4 is 11.9 Å². The number of benzene rings is 2. The summed E-state index contributed by atoms with van der Waals surface area (Å²) in [6.45, 7) is 0.184. The second kappa shape index (κ2) is 13.0. The molecule has 0 radical (unpaired) electrons. The Bertz CT molecular complexity index is 1760. The summed E-state index contributed by atoms with van der Waals surface area (Å²) in [5, 5.41) is 27.5. The molecule has 0 saturated carbocycles. The lowest BCUT2D eigenvalue weighted by molar-refractivity contribution is -0.192. The maximum atomic E-state index is 13.9. The van der Waals surface area contributed by atoms with Crippen molar-refractivity contribution in [3.63, 3.8) is 0 Å². The van der Waals surface area contributed by atoms with Crippen LogP contribution in [0, 0.1) is 0 Å². The van der Waals surface area contributed by atoms with Crippen LogP contribution in [0.1, 0.15) is 22.9 Å². The molecule has 18 heteroatoms. The molecular weight excluding hydrogens is 618 g/mol. The summed E-state index contributed by atoms with van der Waals surface area (Å²) >= 11 is 0. The van der Waals surface area contributed by atoms with E-state index in [0.717, 1.165) is 5.69 Å². The Morgan fingerprint density at radius 2 is 1.60 bits per heavy atom. The summed E-state index contributed by atoms with van der Waals surface area (Å²) in [7, 11) is 1.78. The third kappa shape index (κ3) is 7.71. The first-order chi connectivity index (χ1) is 21.2. The Hall–Kier alpha value is -5.52. The van der Waals surface area contributed by atoms with Crippen LogP contribution in [0.4, 0.5) is 26.3 Å². The molecule has 0 spiro atoms. The Balaban J connectivity index is 0.000000591. The molecular formula is C27H20F6N6O6. The Labute approximate surface area is 247 Å². The molecule has 236 valence electrons. The molecule has 0 saturated heterocycles. The number of hydrogen-bond donors (Lipinski definition) is 3. The van der Waals surface area contributed by atoms with Crippen LogP contribution in [0.5, 0.6) is 0 Å². The number of aliphatic carboxylic acids is 1. The van der Waals surface area contributed by atoms with Crippen LogP contribution >= 0.6 is 0 Å². The third-order valence-electron chi connectivity index (χ3n) is 5.98. The number of aliphatic hydroxyl groups is 1. The molecule has 2 aromatic carbocycles. The van der Waals surface area contributed by atoms with Crippen LogP contribution in [-0.2, 0) is 29.4 Å². The van der Waals surface area contributed by atoms with E-state index in [1.165, 1.54) is 36.4 Å². The number of aliphatic hydroxyl groups excluding tert-OH is 1. The molecule has 0 aliphatic heterocycles. The van der Waals surface area contributed by atoms with E-state index in [1.807, 2.05) is 0 Å². The third-order valence-corrected chi connectivity index (χ3v) is 5.98. The fourth-order valence-corrected chi connectivity index (χ4v) is 3.72. The van der Waals surface area contributed by atoms with E-state index in [1.54, 1.807) is 42.3 Å². The average molecular weight is 638 g/mol. The highest BCUT2D eigenvalue weighted by atomic mass is 19.4. The van der Waals surface area contributed by atoms with Crippen molar-refractivity contribution in [3.8, 4) is 34.3 Å². The Kier molecular flexibility index (Phi) is 9.36. The largest absolute Gasteiger partial charge is 0.490 e. The number of carboxylic acids is 1.